The van der Waals surface area contributed by atoms with Crippen molar-refractivity contribution in [3.8, 4) is 11.5 Å². The van der Waals surface area contributed by atoms with E-state index in [9.17, 15) is 14.0 Å². The van der Waals surface area contributed by atoms with Crippen molar-refractivity contribution in [2.24, 2.45) is 5.92 Å². The second-order valence-corrected chi connectivity index (χ2v) is 6.86. The Morgan fingerprint density at radius 3 is 2.38 bits per heavy atom. The summed E-state index contributed by atoms with van der Waals surface area (Å²) in [5.74, 6) is 0.635. The molecule has 0 atom stereocenters. The first-order valence-electron chi connectivity index (χ1n) is 9.67. The van der Waals surface area contributed by atoms with Crippen molar-refractivity contribution in [3.63, 3.8) is 0 Å². The third-order valence-corrected chi connectivity index (χ3v) is 4.97. The van der Waals surface area contributed by atoms with Gasteiger partial charge in [-0.2, -0.15) is 0 Å². The molecular formula is C22H25FN2O4. The number of piperidine rings is 1. The Labute approximate surface area is 169 Å². The van der Waals surface area contributed by atoms with Crippen molar-refractivity contribution in [1.82, 2.24) is 10.2 Å². The Morgan fingerprint density at radius 1 is 1.07 bits per heavy atom. The van der Waals surface area contributed by atoms with Gasteiger partial charge in [0.2, 0.25) is 5.91 Å². The van der Waals surface area contributed by atoms with Gasteiger partial charge in [0.25, 0.3) is 5.91 Å². The molecule has 3 rings (SSSR count). The molecule has 2 aromatic carbocycles. The number of hydrogen-bond acceptors (Lipinski definition) is 4. The maximum atomic E-state index is 13.0. The third-order valence-electron chi connectivity index (χ3n) is 4.97. The van der Waals surface area contributed by atoms with Crippen molar-refractivity contribution >= 4 is 11.8 Å². The molecule has 6 nitrogen and oxygen atoms in total. The van der Waals surface area contributed by atoms with Crippen molar-refractivity contribution < 1.29 is 23.5 Å². The molecule has 1 aliphatic rings. The van der Waals surface area contributed by atoms with Crippen LogP contribution in [0.3, 0.4) is 0 Å². The molecule has 0 radical (unpaired) electrons. The number of rotatable bonds is 7. The summed E-state index contributed by atoms with van der Waals surface area (Å²) >= 11 is 0. The predicted molar refractivity (Wildman–Crippen MR) is 107 cm³/mol. The molecule has 0 aliphatic carbocycles. The maximum absolute atomic E-state index is 13.0. The molecule has 2 amide bonds. The van der Waals surface area contributed by atoms with Crippen LogP contribution in [0.1, 0.15) is 23.2 Å². The maximum Gasteiger partial charge on any atom is 0.253 e. The zero-order chi connectivity index (χ0) is 20.6. The molecule has 154 valence electrons. The van der Waals surface area contributed by atoms with E-state index in [0.29, 0.717) is 56.1 Å². The summed E-state index contributed by atoms with van der Waals surface area (Å²) < 4.78 is 23.9. The van der Waals surface area contributed by atoms with Gasteiger partial charge >= 0.3 is 0 Å². The summed E-state index contributed by atoms with van der Waals surface area (Å²) in [6.45, 7) is 1.75. The van der Waals surface area contributed by atoms with E-state index in [-0.39, 0.29) is 23.5 Å². The highest BCUT2D eigenvalue weighted by Gasteiger charge is 2.27. The van der Waals surface area contributed by atoms with Gasteiger partial charge in [-0.25, -0.2) is 4.39 Å². The Morgan fingerprint density at radius 2 is 1.72 bits per heavy atom. The number of nitrogens with one attached hydrogen (secondary N) is 1. The third kappa shape index (κ3) is 5.47. The Kier molecular flexibility index (Phi) is 7.05. The number of amides is 2. The number of para-hydroxylation sites is 2. The first-order chi connectivity index (χ1) is 14.1. The minimum absolute atomic E-state index is 0.0255. The van der Waals surface area contributed by atoms with E-state index in [2.05, 4.69) is 5.32 Å². The van der Waals surface area contributed by atoms with E-state index in [0.717, 1.165) is 0 Å². The van der Waals surface area contributed by atoms with Crippen LogP contribution in [0.5, 0.6) is 11.5 Å². The molecule has 29 heavy (non-hydrogen) atoms. The minimum atomic E-state index is -0.369. The number of hydrogen-bond donors (Lipinski definition) is 1. The van der Waals surface area contributed by atoms with Crippen molar-refractivity contribution in [2.75, 3.05) is 33.4 Å². The van der Waals surface area contributed by atoms with Crippen LogP contribution >= 0.6 is 0 Å². The van der Waals surface area contributed by atoms with Gasteiger partial charge in [0.15, 0.2) is 11.5 Å². The molecule has 1 heterocycles. The number of halogens is 1. The van der Waals surface area contributed by atoms with Gasteiger partial charge in [0.1, 0.15) is 12.4 Å². The SMILES string of the molecule is COc1ccccc1OCCNC(=O)C1CCN(C(=O)c2ccc(F)cc2)CC1. The molecule has 0 saturated carbocycles. The zero-order valence-electron chi connectivity index (χ0n) is 16.4. The summed E-state index contributed by atoms with van der Waals surface area (Å²) in [5.41, 5.74) is 0.461. The van der Waals surface area contributed by atoms with E-state index >= 15 is 0 Å². The second-order valence-electron chi connectivity index (χ2n) is 6.86. The molecule has 0 aromatic heterocycles. The summed E-state index contributed by atoms with van der Waals surface area (Å²) in [5, 5.41) is 2.89. The van der Waals surface area contributed by atoms with Gasteiger partial charge in [0, 0.05) is 24.6 Å². The van der Waals surface area contributed by atoms with E-state index in [1.54, 1.807) is 12.0 Å². The van der Waals surface area contributed by atoms with Crippen molar-refractivity contribution in [1.29, 1.82) is 0 Å². The highest BCUT2D eigenvalue weighted by molar-refractivity contribution is 5.94. The highest BCUT2D eigenvalue weighted by Crippen LogP contribution is 2.25. The van der Waals surface area contributed by atoms with Crippen LogP contribution in [0.15, 0.2) is 48.5 Å². The summed E-state index contributed by atoms with van der Waals surface area (Å²) in [7, 11) is 1.58. The fourth-order valence-electron chi connectivity index (χ4n) is 3.34. The average Bonchev–Trinajstić information content (AvgIpc) is 2.77. The molecule has 2 aromatic rings. The van der Waals surface area contributed by atoms with Crippen molar-refractivity contribution in [3.05, 3.63) is 59.9 Å². The van der Waals surface area contributed by atoms with Crippen molar-refractivity contribution in [2.45, 2.75) is 12.8 Å². The van der Waals surface area contributed by atoms with Gasteiger partial charge in [-0.1, -0.05) is 12.1 Å². The van der Waals surface area contributed by atoms with E-state index in [1.165, 1.54) is 24.3 Å². The molecule has 1 aliphatic heterocycles. The molecule has 1 fully saturated rings. The number of benzene rings is 2. The average molecular weight is 400 g/mol. The van der Waals surface area contributed by atoms with Gasteiger partial charge in [0.05, 0.1) is 13.7 Å². The Bertz CT molecular complexity index is 833. The van der Waals surface area contributed by atoms with E-state index < -0.39 is 0 Å². The minimum Gasteiger partial charge on any atom is -0.493 e. The van der Waals surface area contributed by atoms with Gasteiger partial charge in [-0.05, 0) is 49.2 Å². The van der Waals surface area contributed by atoms with Gasteiger partial charge in [-0.3, -0.25) is 9.59 Å². The Hall–Kier alpha value is -3.09. The van der Waals surface area contributed by atoms with Crippen LogP contribution < -0.4 is 14.8 Å². The quantitative estimate of drug-likeness (QED) is 0.726. The van der Waals surface area contributed by atoms with Crippen LogP contribution in [0.2, 0.25) is 0 Å². The standard InChI is InChI=1S/C22H25FN2O4/c1-28-19-4-2-3-5-20(19)29-15-12-24-21(26)16-10-13-25(14-11-16)22(27)17-6-8-18(23)9-7-17/h2-9,16H,10-15H2,1H3,(H,24,26). The van der Waals surface area contributed by atoms with Crippen LogP contribution in [-0.4, -0.2) is 50.1 Å². The number of ether oxygens (including phenoxy) is 2. The lowest BCUT2D eigenvalue weighted by Gasteiger charge is -2.31. The largest absolute Gasteiger partial charge is 0.493 e. The monoisotopic (exact) mass is 400 g/mol. The lowest BCUT2D eigenvalue weighted by molar-refractivity contribution is -0.126. The number of methoxy groups -OCH3 is 1. The predicted octanol–water partition coefficient (Wildman–Crippen LogP) is 2.88. The number of carbonyl (C=O) groups is 2. The normalized spacial score (nSPS) is 14.3. The summed E-state index contributed by atoms with van der Waals surface area (Å²) in [6, 6.07) is 12.9. The topological polar surface area (TPSA) is 67.9 Å². The Balaban J connectivity index is 1.39. The number of likely N-dealkylation sites (tertiary alicyclic amines) is 1. The van der Waals surface area contributed by atoms with Crippen LogP contribution in [-0.2, 0) is 4.79 Å². The van der Waals surface area contributed by atoms with Crippen LogP contribution in [0, 0.1) is 11.7 Å². The summed E-state index contributed by atoms with van der Waals surface area (Å²) in [4.78, 5) is 26.6. The van der Waals surface area contributed by atoms with Gasteiger partial charge in [-0.15, -0.1) is 0 Å². The lowest BCUT2D eigenvalue weighted by atomic mass is 9.95. The van der Waals surface area contributed by atoms with E-state index in [1.807, 2.05) is 24.3 Å². The molecule has 0 spiro atoms. The number of nitrogens with zero attached hydrogens (tertiary/aromatic N) is 1. The fraction of sp³-hybridized carbons (Fsp3) is 0.364. The zero-order valence-corrected chi connectivity index (χ0v) is 16.4. The van der Waals surface area contributed by atoms with Crippen LogP contribution in [0.25, 0.3) is 0 Å². The van der Waals surface area contributed by atoms with Crippen LogP contribution in [0.4, 0.5) is 4.39 Å². The molecule has 1 N–H and O–H groups in total. The molecule has 0 bridgehead atoms. The first kappa shape index (κ1) is 20.6. The highest BCUT2D eigenvalue weighted by atomic mass is 19.1. The first-order valence-corrected chi connectivity index (χ1v) is 9.67. The summed E-state index contributed by atoms with van der Waals surface area (Å²) in [6.07, 6.45) is 1.21. The van der Waals surface area contributed by atoms with E-state index in [4.69, 9.17) is 9.47 Å². The fourth-order valence-corrected chi connectivity index (χ4v) is 3.34. The second kappa shape index (κ2) is 9.91. The molecule has 7 heteroatoms. The number of carbonyl (C=O) groups excluding carboxylic acids is 2. The lowest BCUT2D eigenvalue weighted by Crippen LogP contribution is -2.43. The van der Waals surface area contributed by atoms with Gasteiger partial charge < -0.3 is 19.7 Å². The molecule has 0 unspecified atom stereocenters. The molecular weight excluding hydrogens is 375 g/mol. The smallest absolute Gasteiger partial charge is 0.253 e. The molecule has 1 saturated heterocycles.